The van der Waals surface area contributed by atoms with Crippen molar-refractivity contribution < 1.29 is 14.0 Å². The minimum absolute atomic E-state index is 0.0463. The first-order valence-corrected chi connectivity index (χ1v) is 9.46. The number of halogens is 1. The second-order valence-corrected chi connectivity index (χ2v) is 6.87. The fourth-order valence-electron chi connectivity index (χ4n) is 3.25. The molecule has 0 unspecified atom stereocenters. The number of hydrogen-bond acceptors (Lipinski definition) is 4. The minimum Gasteiger partial charge on any atom is -0.353 e. The van der Waals surface area contributed by atoms with Gasteiger partial charge in [0.1, 0.15) is 11.6 Å². The molecule has 1 aromatic carbocycles. The van der Waals surface area contributed by atoms with Gasteiger partial charge in [-0.05, 0) is 36.2 Å². The van der Waals surface area contributed by atoms with Gasteiger partial charge in [0.15, 0.2) is 0 Å². The zero-order valence-corrected chi connectivity index (χ0v) is 16.1. The van der Waals surface area contributed by atoms with Crippen molar-refractivity contribution in [3.8, 4) is 0 Å². The molecule has 0 saturated carbocycles. The molecule has 0 bridgehead atoms. The van der Waals surface area contributed by atoms with Gasteiger partial charge in [-0.1, -0.05) is 18.2 Å². The first-order chi connectivity index (χ1) is 13.5. The lowest BCUT2D eigenvalue weighted by Gasteiger charge is -2.36. The highest BCUT2D eigenvalue weighted by molar-refractivity contribution is 5.84. The molecule has 2 amide bonds. The predicted molar refractivity (Wildman–Crippen MR) is 105 cm³/mol. The van der Waals surface area contributed by atoms with Gasteiger partial charge in [0, 0.05) is 45.8 Å². The molecule has 148 valence electrons. The Morgan fingerprint density at radius 1 is 1.07 bits per heavy atom. The summed E-state index contributed by atoms with van der Waals surface area (Å²) in [7, 11) is 0. The van der Waals surface area contributed by atoms with Crippen LogP contribution in [-0.4, -0.2) is 65.9 Å². The smallest absolute Gasteiger partial charge is 0.242 e. The van der Waals surface area contributed by atoms with Crippen LogP contribution in [0.25, 0.3) is 0 Å². The molecule has 0 N–H and O–H groups in total. The number of carbonyl (C=O) groups excluding carboxylic acids is 2. The Kier molecular flexibility index (Phi) is 6.57. The fraction of sp³-hybridized carbons (Fsp3) is 0.381. The van der Waals surface area contributed by atoms with Crippen molar-refractivity contribution in [1.29, 1.82) is 0 Å². The van der Waals surface area contributed by atoms with Crippen molar-refractivity contribution in [2.75, 3.05) is 44.2 Å². The van der Waals surface area contributed by atoms with Crippen LogP contribution in [0.2, 0.25) is 0 Å². The van der Waals surface area contributed by atoms with Crippen LogP contribution in [0.5, 0.6) is 0 Å². The second-order valence-electron chi connectivity index (χ2n) is 6.87. The van der Waals surface area contributed by atoms with E-state index in [4.69, 9.17) is 0 Å². The topological polar surface area (TPSA) is 56.8 Å². The van der Waals surface area contributed by atoms with Crippen LogP contribution in [0.15, 0.2) is 48.7 Å². The third-order valence-corrected chi connectivity index (χ3v) is 4.96. The Balaban J connectivity index is 1.50. The summed E-state index contributed by atoms with van der Waals surface area (Å²) >= 11 is 0. The molecule has 1 saturated heterocycles. The van der Waals surface area contributed by atoms with E-state index in [0.717, 1.165) is 24.5 Å². The largest absolute Gasteiger partial charge is 0.353 e. The Morgan fingerprint density at radius 3 is 2.39 bits per heavy atom. The van der Waals surface area contributed by atoms with Crippen LogP contribution in [0.3, 0.4) is 0 Å². The maximum atomic E-state index is 13.0. The Morgan fingerprint density at radius 2 is 1.79 bits per heavy atom. The molecular formula is C21H25FN4O2. The second kappa shape index (κ2) is 9.30. The summed E-state index contributed by atoms with van der Waals surface area (Å²) in [5.74, 6) is 0.448. The molecule has 0 atom stereocenters. The number of nitrogens with zero attached hydrogens (tertiary/aromatic N) is 4. The van der Waals surface area contributed by atoms with Gasteiger partial charge in [-0.15, -0.1) is 0 Å². The average Bonchev–Trinajstić information content (AvgIpc) is 2.72. The summed E-state index contributed by atoms with van der Waals surface area (Å²) in [6.45, 7) is 4.63. The Bertz CT molecular complexity index is 790. The van der Waals surface area contributed by atoms with Crippen LogP contribution in [0, 0.1) is 5.82 Å². The first kappa shape index (κ1) is 19.8. The van der Waals surface area contributed by atoms with Gasteiger partial charge < -0.3 is 14.7 Å². The summed E-state index contributed by atoms with van der Waals surface area (Å²) in [5, 5.41) is 0. The van der Waals surface area contributed by atoms with Gasteiger partial charge >= 0.3 is 0 Å². The number of rotatable bonds is 6. The molecule has 1 aromatic heterocycles. The number of carbonyl (C=O) groups is 2. The number of hydrogen-bond donors (Lipinski definition) is 0. The maximum absolute atomic E-state index is 13.0. The van der Waals surface area contributed by atoms with Crippen molar-refractivity contribution in [2.45, 2.75) is 13.3 Å². The van der Waals surface area contributed by atoms with E-state index in [2.05, 4.69) is 9.88 Å². The zero-order valence-electron chi connectivity index (χ0n) is 16.1. The van der Waals surface area contributed by atoms with E-state index in [1.165, 1.54) is 19.1 Å². The quantitative estimate of drug-likeness (QED) is 0.764. The van der Waals surface area contributed by atoms with E-state index < -0.39 is 0 Å². The zero-order chi connectivity index (χ0) is 19.9. The van der Waals surface area contributed by atoms with Crippen LogP contribution in [0.1, 0.15) is 12.5 Å². The summed E-state index contributed by atoms with van der Waals surface area (Å²) in [4.78, 5) is 34.5. The minimum atomic E-state index is -0.285. The summed E-state index contributed by atoms with van der Waals surface area (Å²) < 4.78 is 13.0. The van der Waals surface area contributed by atoms with Crippen LogP contribution < -0.4 is 4.90 Å². The molecule has 3 rings (SSSR count). The Labute approximate surface area is 164 Å². The number of piperazine rings is 1. The third-order valence-electron chi connectivity index (χ3n) is 4.96. The van der Waals surface area contributed by atoms with Gasteiger partial charge in [0.2, 0.25) is 11.8 Å². The SMILES string of the molecule is CC(=O)N(CCc1ccc(F)cc1)CC(=O)N1CCN(c2ccccn2)CC1. The third kappa shape index (κ3) is 5.28. The van der Waals surface area contributed by atoms with Gasteiger partial charge in [0.25, 0.3) is 0 Å². The highest BCUT2D eigenvalue weighted by Gasteiger charge is 2.24. The van der Waals surface area contributed by atoms with E-state index in [1.54, 1.807) is 28.1 Å². The van der Waals surface area contributed by atoms with Crippen molar-refractivity contribution in [2.24, 2.45) is 0 Å². The number of anilines is 1. The summed E-state index contributed by atoms with van der Waals surface area (Å²) in [5.41, 5.74) is 0.934. The standard InChI is InChI=1S/C21H25FN4O2/c1-17(27)26(11-9-18-5-7-19(22)8-6-18)16-21(28)25-14-12-24(13-15-25)20-4-2-3-10-23-20/h2-8,10H,9,11-16H2,1H3. The molecule has 1 aliphatic heterocycles. The van der Waals surface area contributed by atoms with E-state index in [-0.39, 0.29) is 24.2 Å². The van der Waals surface area contributed by atoms with Gasteiger partial charge in [-0.25, -0.2) is 9.37 Å². The molecule has 7 heteroatoms. The fourth-order valence-corrected chi connectivity index (χ4v) is 3.25. The normalized spacial score (nSPS) is 14.1. The average molecular weight is 384 g/mol. The lowest BCUT2D eigenvalue weighted by atomic mass is 10.1. The summed E-state index contributed by atoms with van der Waals surface area (Å²) in [6, 6.07) is 12.0. The lowest BCUT2D eigenvalue weighted by Crippen LogP contribution is -2.52. The summed E-state index contributed by atoms with van der Waals surface area (Å²) in [6.07, 6.45) is 2.35. The molecule has 0 radical (unpaired) electrons. The van der Waals surface area contributed by atoms with Crippen molar-refractivity contribution in [1.82, 2.24) is 14.8 Å². The maximum Gasteiger partial charge on any atom is 0.242 e. The predicted octanol–water partition coefficient (Wildman–Crippen LogP) is 1.96. The molecular weight excluding hydrogens is 359 g/mol. The highest BCUT2D eigenvalue weighted by atomic mass is 19.1. The number of amides is 2. The molecule has 28 heavy (non-hydrogen) atoms. The van der Waals surface area contributed by atoms with Gasteiger partial charge in [-0.3, -0.25) is 9.59 Å². The van der Waals surface area contributed by atoms with Crippen molar-refractivity contribution >= 4 is 17.6 Å². The molecule has 6 nitrogen and oxygen atoms in total. The molecule has 1 aliphatic rings. The molecule has 1 fully saturated rings. The van der Waals surface area contributed by atoms with Crippen molar-refractivity contribution in [3.63, 3.8) is 0 Å². The lowest BCUT2D eigenvalue weighted by molar-refractivity contribution is -0.139. The number of pyridine rings is 1. The van der Waals surface area contributed by atoms with Crippen molar-refractivity contribution in [3.05, 3.63) is 60.0 Å². The van der Waals surface area contributed by atoms with Crippen LogP contribution in [-0.2, 0) is 16.0 Å². The molecule has 0 spiro atoms. The monoisotopic (exact) mass is 384 g/mol. The first-order valence-electron chi connectivity index (χ1n) is 9.46. The molecule has 2 aromatic rings. The van der Waals surface area contributed by atoms with Gasteiger partial charge in [-0.2, -0.15) is 0 Å². The van der Waals surface area contributed by atoms with E-state index in [0.29, 0.717) is 26.1 Å². The van der Waals surface area contributed by atoms with Gasteiger partial charge in [0.05, 0.1) is 6.54 Å². The highest BCUT2D eigenvalue weighted by Crippen LogP contribution is 2.13. The van der Waals surface area contributed by atoms with Crippen LogP contribution in [0.4, 0.5) is 10.2 Å². The van der Waals surface area contributed by atoms with E-state index >= 15 is 0 Å². The Hall–Kier alpha value is -2.96. The number of aromatic nitrogens is 1. The van der Waals surface area contributed by atoms with E-state index in [9.17, 15) is 14.0 Å². The molecule has 0 aliphatic carbocycles. The molecule has 2 heterocycles. The van der Waals surface area contributed by atoms with Crippen LogP contribution >= 0.6 is 0 Å². The van der Waals surface area contributed by atoms with E-state index in [1.807, 2.05) is 18.2 Å². The number of benzene rings is 1.